The quantitative estimate of drug-likeness (QED) is 0.452. The number of nitrogens with zero attached hydrogens (tertiary/aromatic N) is 4. The molecule has 8 saturated carbocycles. The summed E-state index contributed by atoms with van der Waals surface area (Å²) >= 11 is 0. The topological polar surface area (TPSA) is 52.9 Å². The molecule has 0 amide bonds. The molecule has 8 bridgehead atoms. The summed E-state index contributed by atoms with van der Waals surface area (Å²) in [7, 11) is 0. The maximum Gasteiger partial charge on any atom is -0.0308 e. The molecule has 0 spiro atoms. The molecular weight excluding hydrogens is 296 g/mol. The van der Waals surface area contributed by atoms with E-state index in [1.807, 2.05) is 0 Å². The predicted molar refractivity (Wildman–Crippen MR) is 93.4 cm³/mol. The Morgan fingerprint density at radius 2 is 0.708 bits per heavy atom. The molecule has 0 aromatic carbocycles. The Labute approximate surface area is 145 Å². The monoisotopic (exact) mass is 326 g/mol. The van der Waals surface area contributed by atoms with Gasteiger partial charge in [-0.2, -0.15) is 0 Å². The summed E-state index contributed by atoms with van der Waals surface area (Å²) in [4.78, 5) is 0. The Kier molecular flexibility index (Phi) is 2.93. The van der Waals surface area contributed by atoms with E-state index in [-0.39, 0.29) is 11.1 Å². The third-order valence-corrected chi connectivity index (χ3v) is 8.57. The molecule has 8 aliphatic carbocycles. The lowest BCUT2D eigenvalue weighted by Gasteiger charge is -2.62. The van der Waals surface area contributed by atoms with E-state index < -0.39 is 0 Å². The van der Waals surface area contributed by atoms with Crippen LogP contribution in [0.1, 0.15) is 77.0 Å². The lowest BCUT2D eigenvalue weighted by Crippen LogP contribution is -2.49. The molecule has 0 N–H and O–H groups in total. The molecule has 4 heteroatoms. The fourth-order valence-electron chi connectivity index (χ4n) is 8.60. The average molecular weight is 326 g/mol. The zero-order valence-corrected chi connectivity index (χ0v) is 14.7. The van der Waals surface area contributed by atoms with E-state index in [0.29, 0.717) is 0 Å². The second kappa shape index (κ2) is 4.88. The second-order valence-corrected chi connectivity index (χ2v) is 10.7. The Bertz CT molecular complexity index is 435. The van der Waals surface area contributed by atoms with Gasteiger partial charge < -0.3 is 21.3 Å². The van der Waals surface area contributed by atoms with Gasteiger partial charge in [-0.3, -0.25) is 0 Å². The van der Waals surface area contributed by atoms with E-state index in [1.54, 1.807) is 0 Å². The highest BCUT2D eigenvalue weighted by molar-refractivity contribution is 5.17. The van der Waals surface area contributed by atoms with Gasteiger partial charge in [-0.25, -0.2) is 0 Å². The first kappa shape index (κ1) is 14.4. The number of hydrogen-bond acceptors (Lipinski definition) is 2. The summed E-state index contributed by atoms with van der Waals surface area (Å²) in [5.74, 6) is 5.56. The average Bonchev–Trinajstić information content (AvgIpc) is 2.49. The fraction of sp³-hybridized carbons (Fsp3) is 1.00. The molecule has 0 radical (unpaired) electrons. The van der Waals surface area contributed by atoms with Crippen LogP contribution >= 0.6 is 0 Å². The lowest BCUT2D eigenvalue weighted by molar-refractivity contribution is 0.0114. The zero-order valence-electron chi connectivity index (χ0n) is 14.7. The molecule has 24 heavy (non-hydrogen) atoms. The van der Waals surface area contributed by atoms with Crippen LogP contribution in [-0.4, -0.2) is 11.1 Å². The maximum atomic E-state index is 4.80. The number of hydrogen-bond donors (Lipinski definition) is 0. The van der Waals surface area contributed by atoms with Gasteiger partial charge >= 0.3 is 0 Å². The van der Waals surface area contributed by atoms with Gasteiger partial charge in [-0.1, -0.05) is 0 Å². The van der Waals surface area contributed by atoms with E-state index in [0.717, 1.165) is 35.5 Å². The molecule has 8 fully saturated rings. The molecule has 4 nitrogen and oxygen atoms in total. The highest BCUT2D eigenvalue weighted by Gasteiger charge is 2.49. The van der Waals surface area contributed by atoms with Crippen LogP contribution in [0.2, 0.25) is 0 Å². The van der Waals surface area contributed by atoms with Gasteiger partial charge in [0, 0.05) is 0 Å². The van der Waals surface area contributed by atoms with Crippen molar-refractivity contribution in [3.8, 4) is 0 Å². The minimum atomic E-state index is 0.148. The van der Waals surface area contributed by atoms with Gasteiger partial charge in [0.1, 0.15) is 0 Å². The zero-order chi connectivity index (χ0) is 15.8. The van der Waals surface area contributed by atoms with Gasteiger partial charge in [0.05, 0.1) is 0 Å². The number of rotatable bonds is 4. The first-order valence-electron chi connectivity index (χ1n) is 10.5. The van der Waals surface area contributed by atoms with Crippen molar-refractivity contribution in [1.82, 2.24) is 0 Å². The van der Waals surface area contributed by atoms with Crippen molar-refractivity contribution in [2.45, 2.75) is 88.1 Å². The van der Waals surface area contributed by atoms with Crippen LogP contribution in [0.5, 0.6) is 0 Å². The Morgan fingerprint density at radius 1 is 0.458 bits per heavy atom. The molecule has 132 valence electrons. The van der Waals surface area contributed by atoms with Gasteiger partial charge in [-0.05, 0) is 124 Å². The van der Waals surface area contributed by atoms with Crippen LogP contribution < -0.4 is 0 Å². The standard InChI is InChI=1S/C20H30N4/c1-13-2-15-3-14(1)8-19(7-13,9-15)21-23-24-22-20-10-16-4-17(11-20)6-18(5-16)12-20/h13-18H,1-12H2/q-2. The second-order valence-electron chi connectivity index (χ2n) is 10.7. The third-order valence-electron chi connectivity index (χ3n) is 8.57. The molecule has 0 atom stereocenters. The molecule has 0 heterocycles. The Balaban J connectivity index is 1.11. The smallest absolute Gasteiger partial charge is 0.0308 e. The summed E-state index contributed by atoms with van der Waals surface area (Å²) in [6.07, 6.45) is 16.4. The Hall–Kier alpha value is -0.800. The highest BCUT2D eigenvalue weighted by Crippen LogP contribution is 2.60. The van der Waals surface area contributed by atoms with E-state index in [4.69, 9.17) is 10.9 Å². The Morgan fingerprint density at radius 3 is 0.958 bits per heavy atom. The summed E-state index contributed by atoms with van der Waals surface area (Å²) in [5.41, 5.74) is 9.89. The van der Waals surface area contributed by atoms with Gasteiger partial charge in [0.25, 0.3) is 0 Å². The molecular formula is C20H30N4-2. The van der Waals surface area contributed by atoms with Crippen molar-refractivity contribution in [2.24, 2.45) is 46.0 Å². The van der Waals surface area contributed by atoms with Crippen molar-refractivity contribution >= 4 is 0 Å². The molecule has 8 aliphatic rings. The van der Waals surface area contributed by atoms with Crippen molar-refractivity contribution in [1.29, 1.82) is 0 Å². The molecule has 0 aromatic heterocycles. The van der Waals surface area contributed by atoms with Crippen LogP contribution in [0.25, 0.3) is 10.9 Å². The van der Waals surface area contributed by atoms with E-state index >= 15 is 0 Å². The first-order valence-corrected chi connectivity index (χ1v) is 10.5. The van der Waals surface area contributed by atoms with Crippen LogP contribution in [0, 0.1) is 35.5 Å². The van der Waals surface area contributed by atoms with Crippen LogP contribution in [-0.2, 0) is 0 Å². The van der Waals surface area contributed by atoms with Crippen LogP contribution in [0.4, 0.5) is 0 Å². The van der Waals surface area contributed by atoms with Crippen LogP contribution in [0.3, 0.4) is 0 Å². The normalized spacial score (nSPS) is 57.0. The lowest BCUT2D eigenvalue weighted by atomic mass is 9.53. The van der Waals surface area contributed by atoms with E-state index in [1.165, 1.54) is 77.0 Å². The van der Waals surface area contributed by atoms with E-state index in [9.17, 15) is 0 Å². The predicted octanol–water partition coefficient (Wildman–Crippen LogP) is 5.95. The highest BCUT2D eigenvalue weighted by atomic mass is 15.6. The van der Waals surface area contributed by atoms with Crippen molar-refractivity contribution in [3.05, 3.63) is 10.9 Å². The summed E-state index contributed by atoms with van der Waals surface area (Å²) < 4.78 is 0. The SMILES string of the molecule is C1C2CC3CC1CC([N-]/N=N/[N-]C14CC5CC(CC(C5)C1)C4)(C2)C3. The molecule has 8 rings (SSSR count). The van der Waals surface area contributed by atoms with Crippen molar-refractivity contribution in [3.63, 3.8) is 0 Å². The summed E-state index contributed by atoms with van der Waals surface area (Å²) in [6, 6.07) is 0. The van der Waals surface area contributed by atoms with Gasteiger partial charge in [0.15, 0.2) is 0 Å². The maximum absolute atomic E-state index is 4.80. The molecule has 0 aromatic rings. The largest absolute Gasteiger partial charge is 0.498 e. The molecule has 0 aliphatic heterocycles. The summed E-state index contributed by atoms with van der Waals surface area (Å²) in [6.45, 7) is 0. The fourth-order valence-corrected chi connectivity index (χ4v) is 8.60. The molecule has 0 unspecified atom stereocenters. The van der Waals surface area contributed by atoms with Crippen molar-refractivity contribution < 1.29 is 0 Å². The van der Waals surface area contributed by atoms with Crippen molar-refractivity contribution in [2.75, 3.05) is 0 Å². The van der Waals surface area contributed by atoms with Crippen LogP contribution in [0.15, 0.2) is 10.4 Å². The minimum Gasteiger partial charge on any atom is -0.498 e. The third kappa shape index (κ3) is 2.24. The minimum absolute atomic E-state index is 0.148. The molecule has 0 saturated heterocycles. The summed E-state index contributed by atoms with van der Waals surface area (Å²) in [5, 5.41) is 8.64. The van der Waals surface area contributed by atoms with Gasteiger partial charge in [0.2, 0.25) is 0 Å². The van der Waals surface area contributed by atoms with Gasteiger partial charge in [-0.15, -0.1) is 0 Å². The first-order chi connectivity index (χ1) is 11.7. The van der Waals surface area contributed by atoms with E-state index in [2.05, 4.69) is 10.4 Å².